The molecular formula is C24H55N3. The van der Waals surface area contributed by atoms with Crippen molar-refractivity contribution in [2.24, 2.45) is 11.7 Å². The van der Waals surface area contributed by atoms with Gasteiger partial charge in [-0.2, -0.15) is 0 Å². The van der Waals surface area contributed by atoms with Crippen LogP contribution in [0.5, 0.6) is 0 Å². The van der Waals surface area contributed by atoms with Crippen LogP contribution in [0.4, 0.5) is 0 Å². The lowest BCUT2D eigenvalue weighted by molar-refractivity contribution is 0.254. The molecule has 3 nitrogen and oxygen atoms in total. The Labute approximate surface area is 173 Å². The summed E-state index contributed by atoms with van der Waals surface area (Å²) in [5.41, 5.74) is 0. The second-order valence-corrected chi connectivity index (χ2v) is 8.14. The average Bonchev–Trinajstić information content (AvgIpc) is 2.70. The van der Waals surface area contributed by atoms with E-state index in [0.717, 1.165) is 0 Å². The number of hydrogen-bond acceptors (Lipinski definition) is 3. The first-order chi connectivity index (χ1) is 13.3. The van der Waals surface area contributed by atoms with E-state index in [2.05, 4.69) is 37.4 Å². The van der Waals surface area contributed by atoms with E-state index in [9.17, 15) is 0 Å². The minimum Gasteiger partial charge on any atom is -0.303 e. The predicted molar refractivity (Wildman–Crippen MR) is 125 cm³/mol. The normalized spacial score (nSPS) is 10.9. The van der Waals surface area contributed by atoms with Gasteiger partial charge in [-0.25, -0.2) is 0 Å². The van der Waals surface area contributed by atoms with E-state index in [-0.39, 0.29) is 0 Å². The molecule has 0 unspecified atom stereocenters. The van der Waals surface area contributed by atoms with Crippen LogP contribution in [-0.4, -0.2) is 24.5 Å². The summed E-state index contributed by atoms with van der Waals surface area (Å²) in [4.78, 5) is 2.79. The van der Waals surface area contributed by atoms with Crippen molar-refractivity contribution in [3.63, 3.8) is 0 Å². The highest BCUT2D eigenvalue weighted by atomic mass is 15.1. The predicted octanol–water partition coefficient (Wildman–Crippen LogP) is 7.19. The lowest BCUT2D eigenvalue weighted by atomic mass is 10.1. The maximum Gasteiger partial charge on any atom is -0.00187 e. The molecule has 0 atom stereocenters. The molecule has 166 valence electrons. The summed E-state index contributed by atoms with van der Waals surface area (Å²) in [7, 11) is 0. The Kier molecular flexibility index (Phi) is 30.3. The van der Waals surface area contributed by atoms with Crippen molar-refractivity contribution < 1.29 is 0 Å². The monoisotopic (exact) mass is 385 g/mol. The second-order valence-electron chi connectivity index (χ2n) is 8.14. The molecular weight excluding hydrogens is 330 g/mol. The molecule has 0 saturated carbocycles. The van der Waals surface area contributed by atoms with Gasteiger partial charge in [-0.05, 0) is 38.9 Å². The van der Waals surface area contributed by atoms with Gasteiger partial charge in [0.05, 0.1) is 0 Å². The first-order valence-electron chi connectivity index (χ1n) is 12.4. The molecule has 0 aromatic rings. The SMILES string of the molecule is CCCCCCCCN(CCCCCCCC)CCCCCCCC.NN. The van der Waals surface area contributed by atoms with E-state index < -0.39 is 0 Å². The molecule has 0 amide bonds. The molecule has 0 radical (unpaired) electrons. The molecule has 0 aliphatic carbocycles. The fraction of sp³-hybridized carbons (Fsp3) is 1.00. The molecule has 0 heterocycles. The lowest BCUT2D eigenvalue weighted by Crippen LogP contribution is -2.27. The van der Waals surface area contributed by atoms with Gasteiger partial charge in [0, 0.05) is 0 Å². The van der Waals surface area contributed by atoms with Gasteiger partial charge in [-0.15, -0.1) is 0 Å². The van der Waals surface area contributed by atoms with Crippen molar-refractivity contribution in [2.75, 3.05) is 19.6 Å². The van der Waals surface area contributed by atoms with Gasteiger partial charge in [0.15, 0.2) is 0 Å². The zero-order chi connectivity index (χ0) is 20.4. The topological polar surface area (TPSA) is 55.3 Å². The number of rotatable bonds is 21. The van der Waals surface area contributed by atoms with Crippen LogP contribution in [-0.2, 0) is 0 Å². The van der Waals surface area contributed by atoms with Crippen LogP contribution in [0.25, 0.3) is 0 Å². The number of nitrogens with two attached hydrogens (primary N) is 2. The van der Waals surface area contributed by atoms with Crippen molar-refractivity contribution in [1.29, 1.82) is 0 Å². The van der Waals surface area contributed by atoms with Gasteiger partial charge in [-0.1, -0.05) is 117 Å². The van der Waals surface area contributed by atoms with Crippen LogP contribution in [0.2, 0.25) is 0 Å². The van der Waals surface area contributed by atoms with E-state index in [4.69, 9.17) is 0 Å². The van der Waals surface area contributed by atoms with Gasteiger partial charge in [0.25, 0.3) is 0 Å². The molecule has 0 aromatic heterocycles. The molecule has 0 fully saturated rings. The third kappa shape index (κ3) is 25.9. The number of unbranched alkanes of at least 4 members (excludes halogenated alkanes) is 15. The fourth-order valence-corrected chi connectivity index (χ4v) is 3.68. The van der Waals surface area contributed by atoms with E-state index in [0.29, 0.717) is 0 Å². The summed E-state index contributed by atoms with van der Waals surface area (Å²) in [5, 5.41) is 0. The molecule has 0 aliphatic rings. The van der Waals surface area contributed by atoms with E-state index in [1.54, 1.807) is 0 Å². The number of hydrazine groups is 1. The van der Waals surface area contributed by atoms with Crippen LogP contribution in [0.1, 0.15) is 136 Å². The van der Waals surface area contributed by atoms with Gasteiger partial charge >= 0.3 is 0 Å². The maximum absolute atomic E-state index is 4.00. The first-order valence-corrected chi connectivity index (χ1v) is 12.4. The standard InChI is InChI=1S/C24H51N.H4N2/c1-4-7-10-13-16-19-22-25(23-20-17-14-11-8-5-2)24-21-18-15-12-9-6-3;1-2/h4-24H2,1-3H3;1-2H2. The Balaban J connectivity index is 0. The zero-order valence-corrected chi connectivity index (χ0v) is 19.5. The molecule has 3 heteroatoms. The summed E-state index contributed by atoms with van der Waals surface area (Å²) in [5.74, 6) is 8.00. The minimum atomic E-state index is 1.36. The highest BCUT2D eigenvalue weighted by Gasteiger charge is 2.05. The van der Waals surface area contributed by atoms with Crippen LogP contribution >= 0.6 is 0 Å². The zero-order valence-electron chi connectivity index (χ0n) is 19.5. The van der Waals surface area contributed by atoms with E-state index in [1.807, 2.05) is 0 Å². The summed E-state index contributed by atoms with van der Waals surface area (Å²) >= 11 is 0. The highest BCUT2D eigenvalue weighted by molar-refractivity contribution is 4.60. The molecule has 0 aromatic carbocycles. The summed E-state index contributed by atoms with van der Waals surface area (Å²) in [6.45, 7) is 11.0. The van der Waals surface area contributed by atoms with Gasteiger partial charge in [0.2, 0.25) is 0 Å². The molecule has 27 heavy (non-hydrogen) atoms. The van der Waals surface area contributed by atoms with Crippen molar-refractivity contribution >= 4 is 0 Å². The minimum absolute atomic E-state index is 1.36. The third-order valence-corrected chi connectivity index (χ3v) is 5.48. The maximum atomic E-state index is 4.00. The average molecular weight is 386 g/mol. The largest absolute Gasteiger partial charge is 0.303 e. The second kappa shape index (κ2) is 28.1. The third-order valence-electron chi connectivity index (χ3n) is 5.48. The van der Waals surface area contributed by atoms with Crippen molar-refractivity contribution in [3.05, 3.63) is 0 Å². The van der Waals surface area contributed by atoms with Crippen molar-refractivity contribution in [1.82, 2.24) is 4.90 Å². The van der Waals surface area contributed by atoms with Crippen molar-refractivity contribution in [2.45, 2.75) is 136 Å². The Morgan fingerprint density at radius 1 is 0.370 bits per heavy atom. The summed E-state index contributed by atoms with van der Waals surface area (Å²) in [6, 6.07) is 0. The van der Waals surface area contributed by atoms with Crippen LogP contribution in [0, 0.1) is 0 Å². The Bertz CT molecular complexity index is 196. The Morgan fingerprint density at radius 2 is 0.593 bits per heavy atom. The number of nitrogens with zero attached hydrogens (tertiary/aromatic N) is 1. The molecule has 0 rings (SSSR count). The summed E-state index contributed by atoms with van der Waals surface area (Å²) < 4.78 is 0. The van der Waals surface area contributed by atoms with E-state index >= 15 is 0 Å². The lowest BCUT2D eigenvalue weighted by Gasteiger charge is -2.22. The molecule has 0 saturated heterocycles. The summed E-state index contributed by atoms with van der Waals surface area (Å²) in [6.07, 6.45) is 25.7. The molecule has 4 N–H and O–H groups in total. The first kappa shape index (κ1) is 29.1. The molecule has 0 bridgehead atoms. The van der Waals surface area contributed by atoms with Crippen LogP contribution < -0.4 is 11.7 Å². The Hall–Kier alpha value is -0.120. The smallest absolute Gasteiger partial charge is 0.00187 e. The van der Waals surface area contributed by atoms with Gasteiger partial charge in [0.1, 0.15) is 0 Å². The van der Waals surface area contributed by atoms with Crippen LogP contribution in [0.15, 0.2) is 0 Å². The van der Waals surface area contributed by atoms with Crippen LogP contribution in [0.3, 0.4) is 0 Å². The highest BCUT2D eigenvalue weighted by Crippen LogP contribution is 2.11. The molecule has 0 aliphatic heterocycles. The van der Waals surface area contributed by atoms with E-state index in [1.165, 1.54) is 135 Å². The molecule has 0 spiro atoms. The quantitative estimate of drug-likeness (QED) is 0.125. The fourth-order valence-electron chi connectivity index (χ4n) is 3.68. The number of hydrogen-bond donors (Lipinski definition) is 2. The van der Waals surface area contributed by atoms with Gasteiger partial charge < -0.3 is 4.90 Å². The Morgan fingerprint density at radius 3 is 0.852 bits per heavy atom. The van der Waals surface area contributed by atoms with Gasteiger partial charge in [-0.3, -0.25) is 11.7 Å². The van der Waals surface area contributed by atoms with Crippen molar-refractivity contribution in [3.8, 4) is 0 Å².